The van der Waals surface area contributed by atoms with Crippen molar-refractivity contribution in [1.29, 1.82) is 0 Å². The second-order valence-electron chi connectivity index (χ2n) is 20.3. The second kappa shape index (κ2) is 17.1. The Balaban J connectivity index is 0.000000270. The molecule has 3 heterocycles. The number of fused-ring (bicyclic) bond motifs is 8. The van der Waals surface area contributed by atoms with Gasteiger partial charge in [0.05, 0.1) is 30.5 Å². The Hall–Kier alpha value is -5.46. The summed E-state index contributed by atoms with van der Waals surface area (Å²) in [6, 6.07) is 45.9. The molecule has 0 amide bonds. The summed E-state index contributed by atoms with van der Waals surface area (Å²) >= 11 is 0. The van der Waals surface area contributed by atoms with Crippen molar-refractivity contribution in [2.45, 2.75) is 105 Å². The van der Waals surface area contributed by atoms with Gasteiger partial charge in [-0.3, -0.25) is 9.37 Å². The van der Waals surface area contributed by atoms with Crippen molar-refractivity contribution in [3.63, 3.8) is 0 Å². The van der Waals surface area contributed by atoms with E-state index in [1.54, 1.807) is 6.07 Å². The van der Waals surface area contributed by atoms with Crippen LogP contribution >= 0.6 is 0 Å². The normalized spacial score (nSPS) is 14.0. The molecule has 65 heavy (non-hydrogen) atoms. The zero-order valence-electron chi connectivity index (χ0n) is 39.7. The molecule has 4 nitrogen and oxygen atoms in total. The van der Waals surface area contributed by atoms with E-state index in [-0.39, 0.29) is 36.8 Å². The molecule has 0 bridgehead atoms. The molecule has 0 unspecified atom stereocenters. The number of imidazole rings is 1. The van der Waals surface area contributed by atoms with Crippen LogP contribution in [0, 0.1) is 24.9 Å². The van der Waals surface area contributed by atoms with Crippen LogP contribution in [0.1, 0.15) is 95.0 Å². The van der Waals surface area contributed by atoms with Crippen molar-refractivity contribution in [1.82, 2.24) is 14.5 Å². The minimum Gasteiger partial charge on any atom is -0.501 e. The first kappa shape index (κ1) is 46.1. The monoisotopic (exact) mass is 1050 g/mol. The summed E-state index contributed by atoms with van der Waals surface area (Å²) in [5.74, 6) is 1.21. The van der Waals surface area contributed by atoms with Gasteiger partial charge in [0.25, 0.3) is 0 Å². The van der Waals surface area contributed by atoms with E-state index < -0.39 is 8.07 Å². The number of para-hydroxylation sites is 1. The van der Waals surface area contributed by atoms with Crippen LogP contribution in [0.5, 0.6) is 0 Å². The van der Waals surface area contributed by atoms with Gasteiger partial charge in [-0.15, -0.1) is 48.0 Å². The third-order valence-electron chi connectivity index (χ3n) is 13.9. The summed E-state index contributed by atoms with van der Waals surface area (Å²) < 4.78 is 21.9. The molecule has 0 saturated heterocycles. The Morgan fingerprint density at radius 2 is 1.42 bits per heavy atom. The predicted octanol–water partition coefficient (Wildman–Crippen LogP) is 15.4. The standard InChI is InChI=1S/C44H43N2O.C14H15FNSi.Ir/c1-25(2)32-23-27(5)24-33(26(3)4)39(32)46-40-36(22-21-35-38(40)30-16-10-12-19-34(30)43(6,7)44(35,8)9)45-42(46)31-18-14-17-29-28-15-11-13-20-37(28)47-41(29)31;1-17(2,3)13-8-9-14(16-10-13)11-4-6-12(15)7-5-11;/h10-17,19-26H,1-9H3;4,6-10H,1-3H3;/q2*-1;. The maximum absolute atomic E-state index is 12.8. The Bertz CT molecular complexity index is 3190. The number of aromatic nitrogens is 3. The van der Waals surface area contributed by atoms with Crippen molar-refractivity contribution in [2.75, 3.05) is 0 Å². The van der Waals surface area contributed by atoms with E-state index in [0.29, 0.717) is 11.8 Å². The quantitative estimate of drug-likeness (QED) is 0.123. The second-order valence-corrected chi connectivity index (χ2v) is 25.4. The smallest absolute Gasteiger partial charge is 0.120 e. The first-order valence-corrected chi connectivity index (χ1v) is 26.2. The van der Waals surface area contributed by atoms with E-state index in [1.807, 2.05) is 30.5 Å². The molecule has 1 aliphatic rings. The number of furan rings is 1. The number of rotatable bonds is 6. The number of nitrogens with zero attached hydrogens (tertiary/aromatic N) is 3. The third-order valence-corrected chi connectivity index (χ3v) is 16.0. The molecule has 6 aromatic carbocycles. The Morgan fingerprint density at radius 3 is 2.06 bits per heavy atom. The van der Waals surface area contributed by atoms with Crippen LogP contribution in [0.4, 0.5) is 4.39 Å². The maximum Gasteiger partial charge on any atom is 0.120 e. The van der Waals surface area contributed by atoms with Gasteiger partial charge in [-0.25, -0.2) is 0 Å². The van der Waals surface area contributed by atoms with E-state index in [4.69, 9.17) is 9.40 Å². The predicted molar refractivity (Wildman–Crippen MR) is 268 cm³/mol. The molecule has 3 aromatic heterocycles. The van der Waals surface area contributed by atoms with Crippen LogP contribution in [0.2, 0.25) is 19.6 Å². The van der Waals surface area contributed by atoms with Crippen molar-refractivity contribution in [3.05, 3.63) is 167 Å². The van der Waals surface area contributed by atoms with Gasteiger partial charge < -0.3 is 14.0 Å². The van der Waals surface area contributed by atoms with Gasteiger partial charge in [0.1, 0.15) is 5.58 Å². The van der Waals surface area contributed by atoms with Gasteiger partial charge in [-0.2, -0.15) is 0 Å². The van der Waals surface area contributed by atoms with Crippen LogP contribution in [-0.2, 0) is 30.9 Å². The number of hydrogen-bond donors (Lipinski definition) is 0. The summed E-state index contributed by atoms with van der Waals surface area (Å²) in [6.45, 7) is 27.9. The third kappa shape index (κ3) is 7.83. The zero-order valence-corrected chi connectivity index (χ0v) is 43.1. The molecule has 9 aromatic rings. The van der Waals surface area contributed by atoms with Crippen LogP contribution in [-0.4, -0.2) is 22.6 Å². The SMILES string of the molecule is C[Si](C)(C)c1ccc(-c2[c-]cc(F)cc2)nc1.Cc1cc(C(C)C)c(-n2c(-c3[c-]ccc4c3oc3ccccc34)nc3ccc4c(c32)-c2ccccc2C(C)(C)C4(C)C)c(C(C)C)c1.[Ir]. The van der Waals surface area contributed by atoms with Gasteiger partial charge in [-0.1, -0.05) is 164 Å². The number of benzene rings is 6. The number of halogens is 1. The fourth-order valence-corrected chi connectivity index (χ4v) is 10.7. The first-order valence-electron chi connectivity index (χ1n) is 22.7. The Kier molecular flexibility index (Phi) is 12.1. The van der Waals surface area contributed by atoms with Gasteiger partial charge in [-0.05, 0) is 80.4 Å². The van der Waals surface area contributed by atoms with Gasteiger partial charge >= 0.3 is 0 Å². The van der Waals surface area contributed by atoms with Crippen LogP contribution in [0.3, 0.4) is 0 Å². The molecule has 1 radical (unpaired) electrons. The largest absolute Gasteiger partial charge is 0.501 e. The van der Waals surface area contributed by atoms with E-state index in [9.17, 15) is 4.39 Å². The molecule has 0 aliphatic heterocycles. The van der Waals surface area contributed by atoms with E-state index in [1.165, 1.54) is 62.0 Å². The van der Waals surface area contributed by atoms with E-state index >= 15 is 0 Å². The Labute approximate surface area is 398 Å². The number of aryl methyl sites for hydroxylation is 1. The fourth-order valence-electron chi connectivity index (χ4n) is 9.66. The number of pyridine rings is 1. The molecule has 1 aliphatic carbocycles. The van der Waals surface area contributed by atoms with Crippen molar-refractivity contribution < 1.29 is 28.9 Å². The molecular weight excluding hydrogens is 994 g/mol. The minimum absolute atomic E-state index is 0. The molecule has 10 rings (SSSR count). The summed E-state index contributed by atoms with van der Waals surface area (Å²) in [5, 5.41) is 3.51. The van der Waals surface area contributed by atoms with Gasteiger partial charge in [0.2, 0.25) is 0 Å². The molecule has 0 atom stereocenters. The van der Waals surface area contributed by atoms with Crippen molar-refractivity contribution in [3.8, 4) is 39.5 Å². The summed E-state index contributed by atoms with van der Waals surface area (Å²) in [6.07, 6.45) is 1.93. The maximum atomic E-state index is 12.8. The molecule has 7 heteroatoms. The molecule has 0 fully saturated rings. The first-order chi connectivity index (χ1) is 30.4. The van der Waals surface area contributed by atoms with Crippen molar-refractivity contribution >= 4 is 46.2 Å². The van der Waals surface area contributed by atoms with Gasteiger partial charge in [0.15, 0.2) is 0 Å². The van der Waals surface area contributed by atoms with E-state index in [0.717, 1.165) is 55.6 Å². The van der Waals surface area contributed by atoms with Crippen molar-refractivity contribution in [2.24, 2.45) is 0 Å². The summed E-state index contributed by atoms with van der Waals surface area (Å²) in [5.41, 5.74) is 16.7. The summed E-state index contributed by atoms with van der Waals surface area (Å²) in [7, 11) is -1.30. The van der Waals surface area contributed by atoms with E-state index in [2.05, 4.69) is 176 Å². The minimum atomic E-state index is -1.30. The average molecular weight is 1050 g/mol. The Morgan fingerprint density at radius 1 is 0.738 bits per heavy atom. The molecule has 333 valence electrons. The number of hydrogen-bond acceptors (Lipinski definition) is 3. The van der Waals surface area contributed by atoms with Gasteiger partial charge in [0, 0.05) is 48.8 Å². The molecule has 0 spiro atoms. The van der Waals surface area contributed by atoms with Crippen LogP contribution < -0.4 is 5.19 Å². The van der Waals surface area contributed by atoms with Crippen LogP contribution in [0.25, 0.3) is 72.4 Å². The topological polar surface area (TPSA) is 43.9 Å². The zero-order chi connectivity index (χ0) is 45.5. The summed E-state index contributed by atoms with van der Waals surface area (Å²) in [4.78, 5) is 9.97. The molecule has 0 saturated carbocycles. The molecular formula is C58H58FIrN3OSi-2. The molecule has 0 N–H and O–H groups in total. The average Bonchev–Trinajstić information content (AvgIpc) is 3.84. The fraction of sp³-hybridized carbons (Fsp3) is 0.276. The van der Waals surface area contributed by atoms with Crippen LogP contribution in [0.15, 0.2) is 126 Å².